The molecule has 2 rings (SSSR count). The minimum Gasteiger partial charge on any atom is -0.756 e. The van der Waals surface area contributed by atoms with Gasteiger partial charge in [-0.1, -0.05) is 48.5 Å². The maximum atomic E-state index is 8.77. The van der Waals surface area contributed by atoms with E-state index in [1.165, 1.54) is 10.8 Å². The SMILES string of the molecule is O=P([O-])(O)O.[Na+].c1ccc2ccccc2c1. The number of fused-ring (bicyclic) bond motifs is 1. The number of phosphoric acid groups is 1. The van der Waals surface area contributed by atoms with Crippen LogP contribution in [0.4, 0.5) is 0 Å². The molecule has 2 N–H and O–H groups in total. The van der Waals surface area contributed by atoms with Gasteiger partial charge in [0.15, 0.2) is 0 Å². The van der Waals surface area contributed by atoms with Crippen LogP contribution in [0.25, 0.3) is 10.8 Å². The quantitative estimate of drug-likeness (QED) is 0.429. The van der Waals surface area contributed by atoms with Crippen LogP contribution in [-0.2, 0) is 4.57 Å². The van der Waals surface area contributed by atoms with Crippen molar-refractivity contribution >= 4 is 18.6 Å². The van der Waals surface area contributed by atoms with Crippen LogP contribution in [0.3, 0.4) is 0 Å². The van der Waals surface area contributed by atoms with E-state index in [0.717, 1.165) is 0 Å². The molecule has 80 valence electrons. The van der Waals surface area contributed by atoms with Crippen LogP contribution >= 0.6 is 7.82 Å². The second kappa shape index (κ2) is 7.20. The molecule has 6 heteroatoms. The van der Waals surface area contributed by atoms with E-state index in [-0.39, 0.29) is 29.6 Å². The number of hydrogen-bond acceptors (Lipinski definition) is 2. The zero-order chi connectivity index (χ0) is 11.3. The monoisotopic (exact) mass is 248 g/mol. The Hall–Kier alpha value is -0.190. The number of hydrogen-bond donors (Lipinski definition) is 2. The van der Waals surface area contributed by atoms with E-state index < -0.39 is 7.82 Å². The Morgan fingerprint density at radius 3 is 1.25 bits per heavy atom. The minimum absolute atomic E-state index is 0. The van der Waals surface area contributed by atoms with Crippen LogP contribution in [0.15, 0.2) is 48.5 Å². The summed E-state index contributed by atoms with van der Waals surface area (Å²) in [6.45, 7) is 0. The minimum atomic E-state index is -4.89. The summed E-state index contributed by atoms with van der Waals surface area (Å²) in [5, 5.41) is 2.62. The summed E-state index contributed by atoms with van der Waals surface area (Å²) >= 11 is 0. The Balaban J connectivity index is 0.000000330. The van der Waals surface area contributed by atoms with Gasteiger partial charge in [-0.25, -0.2) is 0 Å². The Labute approximate surface area is 115 Å². The van der Waals surface area contributed by atoms with Crippen molar-refractivity contribution in [3.8, 4) is 0 Å². The molecule has 0 saturated heterocycles. The van der Waals surface area contributed by atoms with Crippen molar-refractivity contribution in [2.45, 2.75) is 0 Å². The molecule has 0 aliphatic carbocycles. The molecular formula is C10H10NaO4P. The van der Waals surface area contributed by atoms with Gasteiger partial charge in [-0.15, -0.1) is 0 Å². The molecule has 0 spiro atoms. The standard InChI is InChI=1S/C10H8.Na.H3O4P/c1-2-6-10-8-4-3-7-9(10)5-1;;1-5(2,3)4/h1-8H;;(H3,1,2,3,4)/q;+1;/p-1. The van der Waals surface area contributed by atoms with Crippen LogP contribution in [0.1, 0.15) is 0 Å². The molecule has 0 radical (unpaired) electrons. The summed E-state index contributed by atoms with van der Waals surface area (Å²) in [5.41, 5.74) is 0. The van der Waals surface area contributed by atoms with Gasteiger partial charge < -0.3 is 14.7 Å². The van der Waals surface area contributed by atoms with Gasteiger partial charge in [0, 0.05) is 0 Å². The molecule has 0 aliphatic rings. The fourth-order valence-electron chi connectivity index (χ4n) is 1.13. The third-order valence-corrected chi connectivity index (χ3v) is 1.66. The molecule has 0 heterocycles. The van der Waals surface area contributed by atoms with E-state index >= 15 is 0 Å². The molecule has 16 heavy (non-hydrogen) atoms. The Morgan fingerprint density at radius 1 is 0.875 bits per heavy atom. The van der Waals surface area contributed by atoms with E-state index in [4.69, 9.17) is 19.2 Å². The van der Waals surface area contributed by atoms with Crippen molar-refractivity contribution in [3.05, 3.63) is 48.5 Å². The van der Waals surface area contributed by atoms with Crippen molar-refractivity contribution < 1.29 is 48.8 Å². The summed E-state index contributed by atoms with van der Waals surface area (Å²) in [7, 11) is -4.89. The summed E-state index contributed by atoms with van der Waals surface area (Å²) in [6.07, 6.45) is 0. The topological polar surface area (TPSA) is 80.6 Å². The normalized spacial score (nSPS) is 9.94. The van der Waals surface area contributed by atoms with Gasteiger partial charge in [-0.3, -0.25) is 4.57 Å². The first-order valence-corrected chi connectivity index (χ1v) is 5.70. The molecule has 0 unspecified atom stereocenters. The van der Waals surface area contributed by atoms with Crippen molar-refractivity contribution in [2.75, 3.05) is 0 Å². The molecule has 0 bridgehead atoms. The van der Waals surface area contributed by atoms with Crippen LogP contribution in [0, 0.1) is 0 Å². The van der Waals surface area contributed by atoms with Crippen molar-refractivity contribution in [2.24, 2.45) is 0 Å². The van der Waals surface area contributed by atoms with Gasteiger partial charge in [0.25, 0.3) is 7.82 Å². The van der Waals surface area contributed by atoms with E-state index in [0.29, 0.717) is 0 Å². The maximum absolute atomic E-state index is 8.77. The Bertz CT molecular complexity index is 409. The summed E-state index contributed by atoms with van der Waals surface area (Å²) in [6, 6.07) is 16.7. The zero-order valence-corrected chi connectivity index (χ0v) is 11.7. The third-order valence-electron chi connectivity index (χ3n) is 1.66. The predicted molar refractivity (Wildman–Crippen MR) is 56.0 cm³/mol. The fourth-order valence-corrected chi connectivity index (χ4v) is 1.13. The average molecular weight is 248 g/mol. The second-order valence-corrected chi connectivity index (χ2v) is 3.82. The summed E-state index contributed by atoms with van der Waals surface area (Å²) in [5.74, 6) is 0. The molecule has 2 aromatic rings. The molecule has 0 atom stereocenters. The molecule has 0 saturated carbocycles. The van der Waals surface area contributed by atoms with Crippen molar-refractivity contribution in [3.63, 3.8) is 0 Å². The smallest absolute Gasteiger partial charge is 0.756 e. The molecule has 0 aliphatic heterocycles. The summed E-state index contributed by atoms with van der Waals surface area (Å²) < 4.78 is 8.77. The van der Waals surface area contributed by atoms with Gasteiger partial charge in [-0.05, 0) is 10.8 Å². The molecule has 0 aromatic heterocycles. The third kappa shape index (κ3) is 7.14. The molecular weight excluding hydrogens is 238 g/mol. The predicted octanol–water partition coefficient (Wildman–Crippen LogP) is -1.72. The average Bonchev–Trinajstić information content (AvgIpc) is 2.16. The first-order valence-electron chi connectivity index (χ1n) is 4.17. The first kappa shape index (κ1) is 15.8. The van der Waals surface area contributed by atoms with Gasteiger partial charge in [0.05, 0.1) is 0 Å². The summed E-state index contributed by atoms with van der Waals surface area (Å²) in [4.78, 5) is 22.9. The number of benzene rings is 2. The van der Waals surface area contributed by atoms with Crippen LogP contribution < -0.4 is 34.5 Å². The van der Waals surface area contributed by atoms with Gasteiger partial charge >= 0.3 is 29.6 Å². The van der Waals surface area contributed by atoms with Crippen molar-refractivity contribution in [1.82, 2.24) is 0 Å². The molecule has 0 amide bonds. The first-order chi connectivity index (χ1) is 6.97. The fraction of sp³-hybridized carbons (Fsp3) is 0. The van der Waals surface area contributed by atoms with Gasteiger partial charge in [0.2, 0.25) is 0 Å². The van der Waals surface area contributed by atoms with Gasteiger partial charge in [-0.2, -0.15) is 0 Å². The Morgan fingerprint density at radius 2 is 1.06 bits per heavy atom. The van der Waals surface area contributed by atoms with E-state index in [9.17, 15) is 0 Å². The van der Waals surface area contributed by atoms with E-state index in [2.05, 4.69) is 48.5 Å². The molecule has 0 fully saturated rings. The van der Waals surface area contributed by atoms with Crippen LogP contribution in [-0.4, -0.2) is 9.79 Å². The number of rotatable bonds is 0. The van der Waals surface area contributed by atoms with Crippen LogP contribution in [0.5, 0.6) is 0 Å². The van der Waals surface area contributed by atoms with Crippen LogP contribution in [0.2, 0.25) is 0 Å². The molecule has 4 nitrogen and oxygen atoms in total. The largest absolute Gasteiger partial charge is 1.00 e. The van der Waals surface area contributed by atoms with E-state index in [1.54, 1.807) is 0 Å². The second-order valence-electron chi connectivity index (χ2n) is 2.84. The maximum Gasteiger partial charge on any atom is 1.00 e. The van der Waals surface area contributed by atoms with Gasteiger partial charge in [0.1, 0.15) is 0 Å². The molecule has 2 aromatic carbocycles. The Kier molecular flexibility index (Phi) is 7.11. The van der Waals surface area contributed by atoms with Crippen molar-refractivity contribution in [1.29, 1.82) is 0 Å². The zero-order valence-electron chi connectivity index (χ0n) is 8.78. The van der Waals surface area contributed by atoms with E-state index in [1.807, 2.05) is 0 Å².